The number of hydrogen-bond acceptors (Lipinski definition) is 2. The monoisotopic (exact) mass is 340 g/mol. The van der Waals surface area contributed by atoms with E-state index in [1.807, 2.05) is 54.2 Å². The minimum Gasteiger partial charge on any atom is -0.333 e. The molecule has 2 heterocycles. The van der Waals surface area contributed by atoms with Crippen LogP contribution >= 0.6 is 0 Å². The number of aryl methyl sites for hydroxylation is 2. The summed E-state index contributed by atoms with van der Waals surface area (Å²) in [6, 6.07) is 8.13. The summed E-state index contributed by atoms with van der Waals surface area (Å²) in [5.74, 6) is 1.59. The first-order valence-corrected chi connectivity index (χ1v) is 9.11. The minimum absolute atomic E-state index is 0.0345. The Hall–Kier alpha value is -2.30. The topological polar surface area (TPSA) is 44.8 Å². The fourth-order valence-corrected chi connectivity index (χ4v) is 3.34. The second-order valence-electron chi connectivity index (χ2n) is 7.50. The average Bonchev–Trinajstić information content (AvgIpc) is 3.03. The molecule has 5 heteroatoms. The van der Waals surface area contributed by atoms with E-state index in [2.05, 4.69) is 29.6 Å². The molecule has 5 nitrogen and oxygen atoms in total. The number of imidazole rings is 2. The largest absolute Gasteiger partial charge is 0.333 e. The SMILES string of the molecule is Cc1cn(CCC(C)C)c(Cn2c(=O)n(C(C)C)c3ccccc32)n1. The van der Waals surface area contributed by atoms with Crippen molar-refractivity contribution < 1.29 is 0 Å². The molecule has 1 aromatic carbocycles. The highest BCUT2D eigenvalue weighted by Gasteiger charge is 2.17. The van der Waals surface area contributed by atoms with Gasteiger partial charge in [-0.25, -0.2) is 9.78 Å². The molecule has 134 valence electrons. The highest BCUT2D eigenvalue weighted by atomic mass is 16.1. The predicted molar refractivity (Wildman–Crippen MR) is 102 cm³/mol. The molecule has 0 aliphatic heterocycles. The summed E-state index contributed by atoms with van der Waals surface area (Å²) in [6.07, 6.45) is 3.19. The van der Waals surface area contributed by atoms with Crippen LogP contribution in [0.15, 0.2) is 35.3 Å². The Balaban J connectivity index is 2.05. The highest BCUT2D eigenvalue weighted by Crippen LogP contribution is 2.18. The van der Waals surface area contributed by atoms with Crippen molar-refractivity contribution in [1.29, 1.82) is 0 Å². The van der Waals surface area contributed by atoms with Gasteiger partial charge in [-0.2, -0.15) is 0 Å². The van der Waals surface area contributed by atoms with Gasteiger partial charge in [0.15, 0.2) is 0 Å². The second-order valence-corrected chi connectivity index (χ2v) is 7.50. The van der Waals surface area contributed by atoms with Gasteiger partial charge in [-0.1, -0.05) is 26.0 Å². The summed E-state index contributed by atoms with van der Waals surface area (Å²) < 4.78 is 5.91. The molecule has 25 heavy (non-hydrogen) atoms. The molecule has 0 radical (unpaired) electrons. The predicted octanol–water partition coefficient (Wildman–Crippen LogP) is 3.98. The molecule has 2 aromatic heterocycles. The summed E-state index contributed by atoms with van der Waals surface area (Å²) in [7, 11) is 0. The molecule has 0 bridgehead atoms. The number of rotatable bonds is 6. The number of para-hydroxylation sites is 2. The van der Waals surface area contributed by atoms with Crippen molar-refractivity contribution in [3.8, 4) is 0 Å². The van der Waals surface area contributed by atoms with Crippen LogP contribution in [-0.2, 0) is 13.1 Å². The summed E-state index contributed by atoms with van der Waals surface area (Å²) in [5, 5.41) is 0. The molecule has 0 aliphatic carbocycles. The van der Waals surface area contributed by atoms with Crippen LogP contribution in [0.4, 0.5) is 0 Å². The molecule has 3 rings (SSSR count). The van der Waals surface area contributed by atoms with E-state index in [0.29, 0.717) is 12.5 Å². The zero-order chi connectivity index (χ0) is 18.1. The maximum atomic E-state index is 13.0. The maximum absolute atomic E-state index is 13.0. The van der Waals surface area contributed by atoms with E-state index in [1.165, 1.54) is 0 Å². The quantitative estimate of drug-likeness (QED) is 0.681. The fraction of sp³-hybridized carbons (Fsp3) is 0.500. The van der Waals surface area contributed by atoms with E-state index in [-0.39, 0.29) is 11.7 Å². The number of hydrogen-bond donors (Lipinski definition) is 0. The van der Waals surface area contributed by atoms with Gasteiger partial charge in [0.1, 0.15) is 5.82 Å². The van der Waals surface area contributed by atoms with E-state index >= 15 is 0 Å². The Morgan fingerprint density at radius 1 is 1.08 bits per heavy atom. The summed E-state index contributed by atoms with van der Waals surface area (Å²) in [6.45, 7) is 12.0. The van der Waals surface area contributed by atoms with Gasteiger partial charge in [-0.3, -0.25) is 9.13 Å². The van der Waals surface area contributed by atoms with E-state index in [1.54, 1.807) is 0 Å². The van der Waals surface area contributed by atoms with Crippen molar-refractivity contribution in [3.63, 3.8) is 0 Å². The van der Waals surface area contributed by atoms with Crippen LogP contribution in [0.25, 0.3) is 11.0 Å². The lowest BCUT2D eigenvalue weighted by atomic mass is 10.1. The van der Waals surface area contributed by atoms with E-state index in [0.717, 1.165) is 35.5 Å². The Morgan fingerprint density at radius 3 is 2.40 bits per heavy atom. The Morgan fingerprint density at radius 2 is 1.76 bits per heavy atom. The van der Waals surface area contributed by atoms with Gasteiger partial charge in [0.25, 0.3) is 0 Å². The molecule has 0 aliphatic rings. The number of nitrogens with zero attached hydrogens (tertiary/aromatic N) is 4. The van der Waals surface area contributed by atoms with Crippen molar-refractivity contribution in [2.45, 2.75) is 60.2 Å². The summed E-state index contributed by atoms with van der Waals surface area (Å²) >= 11 is 0. The van der Waals surface area contributed by atoms with Gasteiger partial charge in [-0.05, 0) is 45.2 Å². The van der Waals surface area contributed by atoms with E-state index < -0.39 is 0 Å². The highest BCUT2D eigenvalue weighted by molar-refractivity contribution is 5.76. The Bertz CT molecular complexity index is 927. The third-order valence-electron chi connectivity index (χ3n) is 4.61. The molecular formula is C20H28N4O. The van der Waals surface area contributed by atoms with Crippen molar-refractivity contribution >= 4 is 11.0 Å². The molecular weight excluding hydrogens is 312 g/mol. The minimum atomic E-state index is 0.0345. The lowest BCUT2D eigenvalue weighted by Gasteiger charge is -2.10. The molecule has 0 amide bonds. The first kappa shape index (κ1) is 17.5. The van der Waals surface area contributed by atoms with E-state index in [4.69, 9.17) is 0 Å². The standard InChI is InChI=1S/C20H28N4O/c1-14(2)10-11-22-12-16(5)21-19(22)13-23-17-8-6-7-9-18(17)24(15(3)4)20(23)25/h6-9,12,14-15H,10-11,13H2,1-5H3. The number of benzene rings is 1. The first-order chi connectivity index (χ1) is 11.9. The van der Waals surface area contributed by atoms with Gasteiger partial charge in [0.2, 0.25) is 0 Å². The second kappa shape index (κ2) is 6.90. The lowest BCUT2D eigenvalue weighted by molar-refractivity contribution is 0.497. The molecule has 0 spiro atoms. The van der Waals surface area contributed by atoms with Gasteiger partial charge in [-0.15, -0.1) is 0 Å². The molecule has 0 N–H and O–H groups in total. The fourth-order valence-electron chi connectivity index (χ4n) is 3.34. The van der Waals surface area contributed by atoms with Crippen LogP contribution in [-0.4, -0.2) is 18.7 Å². The zero-order valence-electron chi connectivity index (χ0n) is 15.9. The number of fused-ring (bicyclic) bond motifs is 1. The van der Waals surface area contributed by atoms with Crippen LogP contribution in [0.3, 0.4) is 0 Å². The Kier molecular flexibility index (Phi) is 4.84. The van der Waals surface area contributed by atoms with E-state index in [9.17, 15) is 4.79 Å². The van der Waals surface area contributed by atoms with Crippen molar-refractivity contribution in [2.24, 2.45) is 5.92 Å². The first-order valence-electron chi connectivity index (χ1n) is 9.11. The third kappa shape index (κ3) is 3.41. The molecule has 0 unspecified atom stereocenters. The number of aromatic nitrogens is 4. The lowest BCUT2D eigenvalue weighted by Crippen LogP contribution is -2.27. The van der Waals surface area contributed by atoms with Crippen LogP contribution < -0.4 is 5.69 Å². The van der Waals surface area contributed by atoms with Gasteiger partial charge in [0.05, 0.1) is 23.3 Å². The smallest absolute Gasteiger partial charge is 0.329 e. The zero-order valence-corrected chi connectivity index (χ0v) is 15.9. The molecule has 0 fully saturated rings. The summed E-state index contributed by atoms with van der Waals surface area (Å²) in [4.78, 5) is 17.7. The molecule has 0 saturated carbocycles. The third-order valence-corrected chi connectivity index (χ3v) is 4.61. The maximum Gasteiger partial charge on any atom is 0.329 e. The Labute approximate surface area is 148 Å². The normalized spacial score (nSPS) is 12.0. The van der Waals surface area contributed by atoms with Gasteiger partial charge in [0, 0.05) is 18.8 Å². The van der Waals surface area contributed by atoms with Crippen molar-refractivity contribution in [2.75, 3.05) is 0 Å². The molecule has 0 atom stereocenters. The van der Waals surface area contributed by atoms with Crippen LogP contribution in [0.1, 0.15) is 51.7 Å². The van der Waals surface area contributed by atoms with Gasteiger partial charge >= 0.3 is 5.69 Å². The van der Waals surface area contributed by atoms with Crippen molar-refractivity contribution in [3.05, 3.63) is 52.5 Å². The van der Waals surface area contributed by atoms with Crippen molar-refractivity contribution in [1.82, 2.24) is 18.7 Å². The molecule has 3 aromatic rings. The molecule has 0 saturated heterocycles. The van der Waals surface area contributed by atoms with Crippen LogP contribution in [0.5, 0.6) is 0 Å². The van der Waals surface area contributed by atoms with Crippen LogP contribution in [0, 0.1) is 12.8 Å². The summed E-state index contributed by atoms with van der Waals surface area (Å²) in [5.41, 5.74) is 2.99. The van der Waals surface area contributed by atoms with Gasteiger partial charge < -0.3 is 4.57 Å². The average molecular weight is 340 g/mol. The van der Waals surface area contributed by atoms with Crippen LogP contribution in [0.2, 0.25) is 0 Å².